The summed E-state index contributed by atoms with van der Waals surface area (Å²) in [6.07, 6.45) is 3.28. The molecule has 7 heteroatoms. The van der Waals surface area contributed by atoms with Gasteiger partial charge in [-0.25, -0.2) is 0 Å². The molecule has 1 fully saturated rings. The molecule has 1 N–H and O–H groups in total. The van der Waals surface area contributed by atoms with Gasteiger partial charge in [0.15, 0.2) is 0 Å². The summed E-state index contributed by atoms with van der Waals surface area (Å²) in [4.78, 5) is 32.5. The maximum Gasteiger partial charge on any atom is 0.295 e. The quantitative estimate of drug-likeness (QED) is 0.179. The van der Waals surface area contributed by atoms with Gasteiger partial charge in [-0.3, -0.25) is 14.6 Å². The van der Waals surface area contributed by atoms with Gasteiger partial charge in [-0.1, -0.05) is 30.3 Å². The number of likely N-dealkylation sites (tertiary alicyclic amines) is 1. The van der Waals surface area contributed by atoms with E-state index in [4.69, 9.17) is 9.47 Å². The highest BCUT2D eigenvalue weighted by molar-refractivity contribution is 6.46. The first-order valence-corrected chi connectivity index (χ1v) is 12.5. The van der Waals surface area contributed by atoms with Gasteiger partial charge in [0.2, 0.25) is 0 Å². The van der Waals surface area contributed by atoms with Crippen LogP contribution >= 0.6 is 0 Å². The van der Waals surface area contributed by atoms with Crippen molar-refractivity contribution < 1.29 is 24.2 Å². The minimum Gasteiger partial charge on any atom is -0.507 e. The van der Waals surface area contributed by atoms with Crippen LogP contribution in [-0.4, -0.2) is 33.8 Å². The van der Waals surface area contributed by atoms with Crippen LogP contribution in [0.15, 0.2) is 96.8 Å². The largest absolute Gasteiger partial charge is 0.507 e. The zero-order valence-electron chi connectivity index (χ0n) is 21.9. The number of para-hydroxylation sites is 1. The van der Waals surface area contributed by atoms with Crippen LogP contribution < -0.4 is 9.47 Å². The molecule has 7 nitrogen and oxygen atoms in total. The molecule has 3 aromatic carbocycles. The van der Waals surface area contributed by atoms with Crippen molar-refractivity contribution >= 4 is 17.4 Å². The molecule has 1 aliphatic rings. The Morgan fingerprint density at radius 1 is 0.897 bits per heavy atom. The molecule has 0 bridgehead atoms. The van der Waals surface area contributed by atoms with Gasteiger partial charge in [0.25, 0.3) is 11.7 Å². The predicted molar refractivity (Wildman–Crippen MR) is 148 cm³/mol. The molecule has 0 spiro atoms. The van der Waals surface area contributed by atoms with Crippen LogP contribution in [0.5, 0.6) is 17.2 Å². The zero-order valence-corrected chi connectivity index (χ0v) is 21.9. The Balaban J connectivity index is 1.65. The van der Waals surface area contributed by atoms with E-state index in [9.17, 15) is 14.7 Å². The lowest BCUT2D eigenvalue weighted by atomic mass is 9.93. The van der Waals surface area contributed by atoms with Crippen molar-refractivity contribution in [3.05, 3.63) is 125 Å². The van der Waals surface area contributed by atoms with Crippen LogP contribution in [0.4, 0.5) is 0 Å². The first-order chi connectivity index (χ1) is 18.9. The third kappa shape index (κ3) is 5.11. The Bertz CT molecular complexity index is 1560. The molecular weight excluding hydrogens is 492 g/mol. The monoisotopic (exact) mass is 520 g/mol. The van der Waals surface area contributed by atoms with Gasteiger partial charge in [-0.15, -0.1) is 0 Å². The molecule has 0 saturated carbocycles. The van der Waals surface area contributed by atoms with Crippen LogP contribution in [0, 0.1) is 13.8 Å². The summed E-state index contributed by atoms with van der Waals surface area (Å²) < 4.78 is 11.5. The lowest BCUT2D eigenvalue weighted by molar-refractivity contribution is -0.140. The first kappa shape index (κ1) is 25.7. The maximum atomic E-state index is 13.5. The minimum absolute atomic E-state index is 0.0265. The van der Waals surface area contributed by atoms with Crippen LogP contribution in [0.25, 0.3) is 5.76 Å². The van der Waals surface area contributed by atoms with Crippen LogP contribution in [-0.2, 0) is 16.1 Å². The number of carbonyl (C=O) groups excluding carboxylic acids is 2. The van der Waals surface area contributed by atoms with Crippen LogP contribution in [0.3, 0.4) is 0 Å². The van der Waals surface area contributed by atoms with Gasteiger partial charge in [-0.2, -0.15) is 0 Å². The van der Waals surface area contributed by atoms with E-state index in [-0.39, 0.29) is 17.9 Å². The van der Waals surface area contributed by atoms with E-state index in [1.165, 1.54) is 4.90 Å². The minimum atomic E-state index is -0.834. The molecule has 1 unspecified atom stereocenters. The second-order valence-electron chi connectivity index (χ2n) is 9.41. The van der Waals surface area contributed by atoms with E-state index >= 15 is 0 Å². The number of aliphatic hydroxyl groups excluding tert-OH is 1. The van der Waals surface area contributed by atoms with Gasteiger partial charge >= 0.3 is 0 Å². The summed E-state index contributed by atoms with van der Waals surface area (Å²) >= 11 is 0. The van der Waals surface area contributed by atoms with Gasteiger partial charge in [0, 0.05) is 24.5 Å². The van der Waals surface area contributed by atoms with Crippen molar-refractivity contribution in [3.63, 3.8) is 0 Å². The SMILES string of the molecule is COc1cc(C)c(/C(O)=C2\C(=O)C(=O)N(Cc3ccncc3)C2c2cccc(Oc3ccccc3)c2)cc1C. The molecule has 196 valence electrons. The van der Waals surface area contributed by atoms with Crippen molar-refractivity contribution in [1.82, 2.24) is 9.88 Å². The highest BCUT2D eigenvalue weighted by Gasteiger charge is 2.46. The highest BCUT2D eigenvalue weighted by atomic mass is 16.5. The molecule has 1 amide bonds. The van der Waals surface area contributed by atoms with Gasteiger partial charge < -0.3 is 19.5 Å². The number of benzene rings is 3. The summed E-state index contributed by atoms with van der Waals surface area (Å²) in [5.41, 5.74) is 3.46. The molecule has 0 radical (unpaired) electrons. The molecule has 1 aliphatic heterocycles. The number of hydrogen-bond acceptors (Lipinski definition) is 6. The summed E-state index contributed by atoms with van der Waals surface area (Å²) in [5.74, 6) is 0.219. The Hall–Kier alpha value is -4.91. The third-order valence-electron chi connectivity index (χ3n) is 6.79. The van der Waals surface area contributed by atoms with Crippen molar-refractivity contribution in [2.45, 2.75) is 26.4 Å². The molecule has 2 heterocycles. The number of aromatic nitrogens is 1. The van der Waals surface area contributed by atoms with E-state index < -0.39 is 17.7 Å². The van der Waals surface area contributed by atoms with Crippen molar-refractivity contribution in [3.8, 4) is 17.2 Å². The Kier molecular flexibility index (Phi) is 7.14. The summed E-state index contributed by atoms with van der Waals surface area (Å²) in [5, 5.41) is 11.6. The number of aliphatic hydroxyl groups is 1. The predicted octanol–water partition coefficient (Wildman–Crippen LogP) is 6.12. The molecule has 1 aromatic heterocycles. The Labute approximate surface area is 227 Å². The second kappa shape index (κ2) is 10.8. The fourth-order valence-electron chi connectivity index (χ4n) is 4.86. The van der Waals surface area contributed by atoms with Crippen LogP contribution in [0.2, 0.25) is 0 Å². The third-order valence-corrected chi connectivity index (χ3v) is 6.79. The van der Waals surface area contributed by atoms with Crippen LogP contribution in [0.1, 0.15) is 33.9 Å². The molecule has 39 heavy (non-hydrogen) atoms. The molecule has 1 atom stereocenters. The molecule has 0 aliphatic carbocycles. The van der Waals surface area contributed by atoms with Gasteiger partial charge in [0.05, 0.1) is 18.7 Å². The Morgan fingerprint density at radius 3 is 2.33 bits per heavy atom. The average molecular weight is 521 g/mol. The molecule has 4 aromatic rings. The number of rotatable bonds is 7. The van der Waals surface area contributed by atoms with E-state index in [2.05, 4.69) is 4.98 Å². The number of carbonyl (C=O) groups is 2. The number of pyridine rings is 1. The number of amides is 1. The summed E-state index contributed by atoms with van der Waals surface area (Å²) in [7, 11) is 1.58. The summed E-state index contributed by atoms with van der Waals surface area (Å²) in [6, 6.07) is 22.9. The molecule has 5 rings (SSSR count). The topological polar surface area (TPSA) is 89.0 Å². The normalized spacial score (nSPS) is 16.4. The Morgan fingerprint density at radius 2 is 1.62 bits per heavy atom. The number of methoxy groups -OCH3 is 1. The standard InChI is InChI=1S/C32H28N2O5/c1-20-17-27(38-3)21(2)16-26(20)30(35)28-29(34(32(37)31(28)36)19-22-12-14-33-15-13-22)23-8-7-11-25(18-23)39-24-9-5-4-6-10-24/h4-18,29,35H,19H2,1-3H3/b30-28+. The van der Waals surface area contributed by atoms with E-state index in [0.29, 0.717) is 28.4 Å². The number of hydrogen-bond donors (Lipinski definition) is 1. The first-order valence-electron chi connectivity index (χ1n) is 12.5. The van der Waals surface area contributed by atoms with Gasteiger partial charge in [-0.05, 0) is 84.6 Å². The summed E-state index contributed by atoms with van der Waals surface area (Å²) in [6.45, 7) is 3.85. The number of ketones is 1. The second-order valence-corrected chi connectivity index (χ2v) is 9.41. The number of nitrogens with zero attached hydrogens (tertiary/aromatic N) is 2. The number of aryl methyl sites for hydroxylation is 2. The lowest BCUT2D eigenvalue weighted by Gasteiger charge is -2.26. The van der Waals surface area contributed by atoms with E-state index in [1.807, 2.05) is 62.4 Å². The number of Topliss-reactive ketones (excluding diaryl/α,β-unsaturated/α-hetero) is 1. The van der Waals surface area contributed by atoms with Crippen molar-refractivity contribution in [2.24, 2.45) is 0 Å². The smallest absolute Gasteiger partial charge is 0.295 e. The average Bonchev–Trinajstić information content (AvgIpc) is 3.20. The molecule has 1 saturated heterocycles. The van der Waals surface area contributed by atoms with E-state index in [1.54, 1.807) is 49.8 Å². The van der Waals surface area contributed by atoms with Gasteiger partial charge in [0.1, 0.15) is 23.0 Å². The fourth-order valence-corrected chi connectivity index (χ4v) is 4.86. The lowest BCUT2D eigenvalue weighted by Crippen LogP contribution is -2.29. The number of ether oxygens (including phenoxy) is 2. The fraction of sp³-hybridized carbons (Fsp3) is 0.156. The van der Waals surface area contributed by atoms with Crippen molar-refractivity contribution in [1.29, 1.82) is 0 Å². The van der Waals surface area contributed by atoms with E-state index in [0.717, 1.165) is 16.7 Å². The highest BCUT2D eigenvalue weighted by Crippen LogP contribution is 2.42. The zero-order chi connectivity index (χ0) is 27.5. The molecular formula is C32H28N2O5. The van der Waals surface area contributed by atoms with Crippen molar-refractivity contribution in [2.75, 3.05) is 7.11 Å². The maximum absolute atomic E-state index is 13.5.